The van der Waals surface area contributed by atoms with E-state index < -0.39 is 0 Å². The summed E-state index contributed by atoms with van der Waals surface area (Å²) in [5.74, 6) is 0.0462. The lowest BCUT2D eigenvalue weighted by atomic mass is 10.1. The number of amides is 1. The van der Waals surface area contributed by atoms with Gasteiger partial charge in [0, 0.05) is 51.5 Å². The second-order valence-corrected chi connectivity index (χ2v) is 8.93. The Labute approximate surface area is 188 Å². The van der Waals surface area contributed by atoms with Gasteiger partial charge >= 0.3 is 0 Å². The number of ether oxygens (including phenoxy) is 1. The van der Waals surface area contributed by atoms with Crippen molar-refractivity contribution < 1.29 is 9.53 Å². The quantitative estimate of drug-likeness (QED) is 0.587. The highest BCUT2D eigenvalue weighted by molar-refractivity contribution is 7.07. The first-order valence-electron chi connectivity index (χ1n) is 11.0. The van der Waals surface area contributed by atoms with E-state index in [1.54, 1.807) is 6.08 Å². The SMILES string of the molecule is C=CCOC(CN1CCN(C(=O)c2snnc2C)CC1)c1cccc(N2CCCC2)c1. The van der Waals surface area contributed by atoms with Gasteiger partial charge < -0.3 is 14.5 Å². The third kappa shape index (κ3) is 5.31. The highest BCUT2D eigenvalue weighted by Gasteiger charge is 2.27. The molecular formula is C23H31N5O2S. The van der Waals surface area contributed by atoms with Crippen molar-refractivity contribution in [1.29, 1.82) is 0 Å². The Morgan fingerprint density at radius 3 is 2.68 bits per heavy atom. The van der Waals surface area contributed by atoms with E-state index in [1.165, 1.54) is 35.6 Å². The van der Waals surface area contributed by atoms with Crippen LogP contribution in [-0.2, 0) is 4.74 Å². The summed E-state index contributed by atoms with van der Waals surface area (Å²) in [5.41, 5.74) is 3.20. The van der Waals surface area contributed by atoms with Crippen LogP contribution < -0.4 is 4.90 Å². The largest absolute Gasteiger partial charge is 0.372 e. The zero-order valence-corrected chi connectivity index (χ0v) is 19.0. The fraction of sp³-hybridized carbons (Fsp3) is 0.522. The van der Waals surface area contributed by atoms with Gasteiger partial charge in [-0.1, -0.05) is 22.7 Å². The van der Waals surface area contributed by atoms with Gasteiger partial charge in [0.15, 0.2) is 0 Å². The summed E-state index contributed by atoms with van der Waals surface area (Å²) in [6.07, 6.45) is 4.32. The number of aryl methyl sites for hydroxylation is 1. The molecule has 0 bridgehead atoms. The maximum absolute atomic E-state index is 12.7. The molecule has 1 aromatic heterocycles. The highest BCUT2D eigenvalue weighted by atomic mass is 32.1. The molecule has 2 aliphatic heterocycles. The molecule has 1 atom stereocenters. The number of piperazine rings is 1. The van der Waals surface area contributed by atoms with E-state index in [-0.39, 0.29) is 12.0 Å². The standard InChI is InChI=1S/C23H31N5O2S/c1-3-15-30-21(19-7-6-8-20(16-19)27-9-4-5-10-27)17-26-11-13-28(14-12-26)23(29)22-18(2)24-25-31-22/h3,6-8,16,21H,1,4-5,9-15,17H2,2H3. The summed E-state index contributed by atoms with van der Waals surface area (Å²) < 4.78 is 10.1. The van der Waals surface area contributed by atoms with Gasteiger partial charge in [0.2, 0.25) is 0 Å². The van der Waals surface area contributed by atoms with E-state index >= 15 is 0 Å². The molecule has 2 aliphatic rings. The van der Waals surface area contributed by atoms with Crippen LogP contribution >= 0.6 is 11.5 Å². The molecular weight excluding hydrogens is 410 g/mol. The second kappa shape index (κ2) is 10.3. The lowest BCUT2D eigenvalue weighted by Gasteiger charge is -2.36. The molecule has 2 aromatic rings. The monoisotopic (exact) mass is 441 g/mol. The predicted molar refractivity (Wildman–Crippen MR) is 124 cm³/mol. The summed E-state index contributed by atoms with van der Waals surface area (Å²) >= 11 is 1.18. The smallest absolute Gasteiger partial charge is 0.267 e. The van der Waals surface area contributed by atoms with Gasteiger partial charge in [-0.15, -0.1) is 11.7 Å². The first-order valence-corrected chi connectivity index (χ1v) is 11.8. The van der Waals surface area contributed by atoms with Crippen molar-refractivity contribution in [1.82, 2.24) is 19.4 Å². The molecule has 1 amide bonds. The molecule has 2 saturated heterocycles. The van der Waals surface area contributed by atoms with Crippen molar-refractivity contribution in [3.05, 3.63) is 53.1 Å². The predicted octanol–water partition coefficient (Wildman–Crippen LogP) is 3.15. The third-order valence-corrected chi connectivity index (χ3v) is 6.87. The molecule has 31 heavy (non-hydrogen) atoms. The first kappa shape index (κ1) is 21.9. The molecule has 1 unspecified atom stereocenters. The van der Waals surface area contributed by atoms with E-state index in [0.717, 1.165) is 32.7 Å². The Kier molecular flexibility index (Phi) is 7.32. The number of nitrogens with zero attached hydrogens (tertiary/aromatic N) is 5. The van der Waals surface area contributed by atoms with E-state index in [9.17, 15) is 4.79 Å². The zero-order valence-electron chi connectivity index (χ0n) is 18.2. The van der Waals surface area contributed by atoms with Crippen LogP contribution in [0.5, 0.6) is 0 Å². The highest BCUT2D eigenvalue weighted by Crippen LogP contribution is 2.27. The van der Waals surface area contributed by atoms with Gasteiger partial charge in [0.05, 0.1) is 18.4 Å². The molecule has 3 heterocycles. The fourth-order valence-electron chi connectivity index (χ4n) is 4.28. The molecule has 0 radical (unpaired) electrons. The summed E-state index contributed by atoms with van der Waals surface area (Å²) in [6, 6.07) is 8.76. The van der Waals surface area contributed by atoms with Crippen molar-refractivity contribution in [3.63, 3.8) is 0 Å². The maximum atomic E-state index is 12.7. The normalized spacial score (nSPS) is 18.4. The summed E-state index contributed by atoms with van der Waals surface area (Å²) in [4.78, 5) is 20.1. The van der Waals surface area contributed by atoms with Crippen LogP contribution in [0, 0.1) is 6.92 Å². The Morgan fingerprint density at radius 2 is 2.00 bits per heavy atom. The van der Waals surface area contributed by atoms with Crippen molar-refractivity contribution >= 4 is 23.1 Å². The molecule has 7 nitrogen and oxygen atoms in total. The zero-order chi connectivity index (χ0) is 21.6. The average Bonchev–Trinajstić information content (AvgIpc) is 3.49. The van der Waals surface area contributed by atoms with Gasteiger partial charge in [0.25, 0.3) is 5.91 Å². The summed E-state index contributed by atoms with van der Waals surface area (Å²) in [5, 5.41) is 3.97. The van der Waals surface area contributed by atoms with E-state index in [0.29, 0.717) is 30.3 Å². The number of benzene rings is 1. The Balaban J connectivity index is 1.39. The number of rotatable bonds is 8. The van der Waals surface area contributed by atoms with Crippen LogP contribution in [-0.4, -0.2) is 77.7 Å². The molecule has 4 rings (SSSR count). The molecule has 0 saturated carbocycles. The molecule has 2 fully saturated rings. The molecule has 8 heteroatoms. The fourth-order valence-corrected chi connectivity index (χ4v) is 4.90. The van der Waals surface area contributed by atoms with Gasteiger partial charge in [-0.2, -0.15) is 0 Å². The van der Waals surface area contributed by atoms with Crippen LogP contribution in [0.1, 0.15) is 39.9 Å². The van der Waals surface area contributed by atoms with Gasteiger partial charge in [-0.3, -0.25) is 9.69 Å². The minimum Gasteiger partial charge on any atom is -0.372 e. The first-order chi connectivity index (χ1) is 15.2. The van der Waals surface area contributed by atoms with Crippen LogP contribution in [0.15, 0.2) is 36.9 Å². The van der Waals surface area contributed by atoms with E-state index in [4.69, 9.17) is 4.74 Å². The van der Waals surface area contributed by atoms with Crippen LogP contribution in [0.2, 0.25) is 0 Å². The second-order valence-electron chi connectivity index (χ2n) is 8.18. The minimum absolute atomic E-state index is 0.0178. The van der Waals surface area contributed by atoms with Gasteiger partial charge in [-0.05, 0) is 49.0 Å². The average molecular weight is 442 g/mol. The van der Waals surface area contributed by atoms with Crippen LogP contribution in [0.3, 0.4) is 0 Å². The van der Waals surface area contributed by atoms with Crippen LogP contribution in [0.4, 0.5) is 5.69 Å². The van der Waals surface area contributed by atoms with Crippen molar-refractivity contribution in [2.75, 3.05) is 57.3 Å². The Morgan fingerprint density at radius 1 is 1.23 bits per heavy atom. The number of carbonyl (C=O) groups is 1. The Hall–Kier alpha value is -2.29. The van der Waals surface area contributed by atoms with E-state index in [2.05, 4.69) is 50.2 Å². The maximum Gasteiger partial charge on any atom is 0.267 e. The molecule has 0 N–H and O–H groups in total. The topological polar surface area (TPSA) is 61.8 Å². The van der Waals surface area contributed by atoms with Crippen LogP contribution in [0.25, 0.3) is 0 Å². The molecule has 0 spiro atoms. The lowest BCUT2D eigenvalue weighted by molar-refractivity contribution is 0.0246. The summed E-state index contributed by atoms with van der Waals surface area (Å²) in [7, 11) is 0. The van der Waals surface area contributed by atoms with Crippen molar-refractivity contribution in [2.45, 2.75) is 25.9 Å². The number of hydrogen-bond acceptors (Lipinski definition) is 7. The summed E-state index contributed by atoms with van der Waals surface area (Å²) in [6.45, 7) is 12.3. The minimum atomic E-state index is -0.0178. The third-order valence-electron chi connectivity index (χ3n) is 6.06. The molecule has 1 aromatic carbocycles. The Bertz CT molecular complexity index is 888. The van der Waals surface area contributed by atoms with E-state index in [1.807, 2.05) is 11.8 Å². The number of hydrogen-bond donors (Lipinski definition) is 0. The van der Waals surface area contributed by atoms with Crippen molar-refractivity contribution in [2.24, 2.45) is 0 Å². The van der Waals surface area contributed by atoms with Gasteiger partial charge in [0.1, 0.15) is 4.88 Å². The van der Waals surface area contributed by atoms with Crippen molar-refractivity contribution in [3.8, 4) is 0 Å². The number of carbonyl (C=O) groups excluding carboxylic acids is 1. The number of anilines is 1. The molecule has 166 valence electrons. The number of aromatic nitrogens is 2. The lowest BCUT2D eigenvalue weighted by Crippen LogP contribution is -2.49. The van der Waals surface area contributed by atoms with Gasteiger partial charge in [-0.25, -0.2) is 0 Å². The molecule has 0 aliphatic carbocycles.